The van der Waals surface area contributed by atoms with Crippen LogP contribution in [0.15, 0.2) is 0 Å². The number of carbonyl (C=O) groups is 5. The van der Waals surface area contributed by atoms with Gasteiger partial charge in [-0.05, 0) is 0 Å². The highest BCUT2D eigenvalue weighted by atomic mass is 16.4. The van der Waals surface area contributed by atoms with E-state index in [9.17, 15) is 24.0 Å². The van der Waals surface area contributed by atoms with Crippen molar-refractivity contribution in [3.63, 3.8) is 0 Å². The van der Waals surface area contributed by atoms with Crippen LogP contribution in [0.25, 0.3) is 0 Å². The Hall–Kier alpha value is -2.37. The molecule has 0 spiro atoms. The molecule has 0 atom stereocenters. The third-order valence-corrected chi connectivity index (χ3v) is 3.21. The Labute approximate surface area is 144 Å². The summed E-state index contributed by atoms with van der Waals surface area (Å²) in [5, 5.41) is 26.5. The fourth-order valence-electron chi connectivity index (χ4n) is 2.09. The maximum absolute atomic E-state index is 10.9. The van der Waals surface area contributed by atoms with Crippen LogP contribution in [0.4, 0.5) is 0 Å². The number of hydrogen-bond acceptors (Lipinski definition) is 8. The van der Waals surface area contributed by atoms with Crippen molar-refractivity contribution in [1.82, 2.24) is 14.7 Å². The van der Waals surface area contributed by atoms with Crippen LogP contribution < -0.4 is 0 Å². The highest BCUT2D eigenvalue weighted by Gasteiger charge is 2.17. The maximum Gasteiger partial charge on any atom is 0.317 e. The van der Waals surface area contributed by atoms with Crippen molar-refractivity contribution in [1.29, 1.82) is 0 Å². The van der Waals surface area contributed by atoms with Crippen molar-refractivity contribution in [3.05, 3.63) is 0 Å². The van der Waals surface area contributed by atoms with Gasteiger partial charge in [0.15, 0.2) is 0 Å². The van der Waals surface area contributed by atoms with Gasteiger partial charge in [-0.15, -0.1) is 0 Å². The second-order valence-electron chi connectivity index (χ2n) is 5.26. The van der Waals surface area contributed by atoms with Crippen molar-refractivity contribution >= 4 is 30.5 Å². The summed E-state index contributed by atoms with van der Waals surface area (Å²) < 4.78 is 0. The van der Waals surface area contributed by atoms with E-state index in [0.29, 0.717) is 12.6 Å². The number of hydrogen-bond donors (Lipinski definition) is 3. The van der Waals surface area contributed by atoms with E-state index in [-0.39, 0.29) is 45.8 Å². The number of carbonyl (C=O) groups excluding carboxylic acids is 2. The fourth-order valence-corrected chi connectivity index (χ4v) is 2.09. The van der Waals surface area contributed by atoms with Gasteiger partial charge in [0.25, 0.3) is 0 Å². The van der Waals surface area contributed by atoms with E-state index in [1.165, 1.54) is 14.7 Å². The number of carboxylic acid groups (broad SMARTS) is 3. The van der Waals surface area contributed by atoms with Crippen molar-refractivity contribution in [2.24, 2.45) is 0 Å². The molecule has 11 heteroatoms. The van der Waals surface area contributed by atoms with E-state index in [4.69, 9.17) is 15.3 Å². The molecule has 0 rings (SSSR count). The lowest BCUT2D eigenvalue weighted by Crippen LogP contribution is -2.44. The predicted molar refractivity (Wildman–Crippen MR) is 84.4 cm³/mol. The molecule has 142 valence electrons. The minimum Gasteiger partial charge on any atom is -0.480 e. The molecule has 0 bridgehead atoms. The first-order valence-electron chi connectivity index (χ1n) is 7.48. The molecular weight excluding hydrogens is 338 g/mol. The standard InChI is InChI=1S/C14H23N3O8/c18-7-5-15(6-8-19)1-2-16(9-12(20)21)3-4-17(10-13(22)23)11-14(24)25/h7-8H,1-6,9-11H2,(H,20,21)(H,22,23)(H,24,25). The smallest absolute Gasteiger partial charge is 0.317 e. The molecule has 0 saturated heterocycles. The van der Waals surface area contributed by atoms with Gasteiger partial charge in [-0.1, -0.05) is 0 Å². The number of rotatable bonds is 16. The molecule has 25 heavy (non-hydrogen) atoms. The first kappa shape index (κ1) is 22.6. The van der Waals surface area contributed by atoms with Gasteiger partial charge < -0.3 is 24.9 Å². The van der Waals surface area contributed by atoms with Gasteiger partial charge in [-0.2, -0.15) is 0 Å². The third-order valence-electron chi connectivity index (χ3n) is 3.21. The van der Waals surface area contributed by atoms with Gasteiger partial charge in [-0.25, -0.2) is 0 Å². The number of nitrogens with zero attached hydrogens (tertiary/aromatic N) is 3. The zero-order valence-corrected chi connectivity index (χ0v) is 13.7. The lowest BCUT2D eigenvalue weighted by atomic mass is 10.3. The van der Waals surface area contributed by atoms with E-state index in [2.05, 4.69) is 0 Å². The summed E-state index contributed by atoms with van der Waals surface area (Å²) in [6.45, 7) is -0.552. The van der Waals surface area contributed by atoms with Crippen LogP contribution in [0.3, 0.4) is 0 Å². The molecular formula is C14H23N3O8. The third kappa shape index (κ3) is 12.7. The summed E-state index contributed by atoms with van der Waals surface area (Å²) in [4.78, 5) is 57.7. The van der Waals surface area contributed by atoms with E-state index < -0.39 is 31.0 Å². The van der Waals surface area contributed by atoms with Crippen molar-refractivity contribution in [3.8, 4) is 0 Å². The van der Waals surface area contributed by atoms with Gasteiger partial charge >= 0.3 is 17.9 Å². The summed E-state index contributed by atoms with van der Waals surface area (Å²) in [6, 6.07) is 0. The summed E-state index contributed by atoms with van der Waals surface area (Å²) >= 11 is 0. The van der Waals surface area contributed by atoms with Crippen LogP contribution in [-0.4, -0.2) is 119 Å². The lowest BCUT2D eigenvalue weighted by molar-refractivity contribution is -0.143. The summed E-state index contributed by atoms with van der Waals surface area (Å²) in [6.07, 6.45) is 1.26. The lowest BCUT2D eigenvalue weighted by Gasteiger charge is -2.27. The second-order valence-corrected chi connectivity index (χ2v) is 5.26. The Balaban J connectivity index is 4.69. The molecule has 0 aliphatic rings. The van der Waals surface area contributed by atoms with E-state index in [1.807, 2.05) is 0 Å². The topological polar surface area (TPSA) is 156 Å². The molecule has 0 aliphatic carbocycles. The van der Waals surface area contributed by atoms with Gasteiger partial charge in [-0.3, -0.25) is 29.1 Å². The van der Waals surface area contributed by atoms with Gasteiger partial charge in [0.05, 0.1) is 32.7 Å². The van der Waals surface area contributed by atoms with Crippen LogP contribution in [0, 0.1) is 0 Å². The van der Waals surface area contributed by atoms with Crippen LogP contribution >= 0.6 is 0 Å². The Morgan fingerprint density at radius 3 is 1.28 bits per heavy atom. The Bertz CT molecular complexity index is 445. The average molecular weight is 361 g/mol. The molecule has 0 fully saturated rings. The number of aldehydes is 2. The maximum atomic E-state index is 10.9. The SMILES string of the molecule is O=CCN(CC=O)CCN(CCN(CC(=O)O)CC(=O)O)CC(=O)O. The predicted octanol–water partition coefficient (Wildman–Crippen LogP) is -2.46. The molecule has 0 aromatic carbocycles. The van der Waals surface area contributed by atoms with Crippen molar-refractivity contribution in [2.75, 3.05) is 58.9 Å². The van der Waals surface area contributed by atoms with Gasteiger partial charge in [0.1, 0.15) is 12.6 Å². The van der Waals surface area contributed by atoms with Gasteiger partial charge in [0, 0.05) is 26.2 Å². The molecule has 0 unspecified atom stereocenters. The van der Waals surface area contributed by atoms with Crippen molar-refractivity contribution in [2.45, 2.75) is 0 Å². The molecule has 0 aliphatic heterocycles. The molecule has 0 aromatic heterocycles. The van der Waals surface area contributed by atoms with E-state index in [0.717, 1.165) is 0 Å². The zero-order valence-electron chi connectivity index (χ0n) is 13.7. The quantitative estimate of drug-likeness (QED) is 0.251. The molecule has 0 radical (unpaired) electrons. The monoisotopic (exact) mass is 361 g/mol. The van der Waals surface area contributed by atoms with Gasteiger partial charge in [0.2, 0.25) is 0 Å². The van der Waals surface area contributed by atoms with Crippen LogP contribution in [-0.2, 0) is 24.0 Å². The fraction of sp³-hybridized carbons (Fsp3) is 0.643. The molecule has 0 aromatic rings. The molecule has 0 heterocycles. The van der Waals surface area contributed by atoms with Crippen LogP contribution in [0.1, 0.15) is 0 Å². The Morgan fingerprint density at radius 2 is 0.920 bits per heavy atom. The molecule has 0 saturated carbocycles. The number of aliphatic carboxylic acids is 3. The normalized spacial score (nSPS) is 11.0. The molecule has 11 nitrogen and oxygen atoms in total. The highest BCUT2D eigenvalue weighted by Crippen LogP contribution is 1.96. The minimum atomic E-state index is -1.19. The molecule has 0 amide bonds. The first-order chi connectivity index (χ1) is 11.8. The number of carboxylic acids is 3. The Morgan fingerprint density at radius 1 is 0.600 bits per heavy atom. The summed E-state index contributed by atoms with van der Waals surface area (Å²) in [5.74, 6) is -3.47. The summed E-state index contributed by atoms with van der Waals surface area (Å²) in [5.41, 5.74) is 0. The largest absolute Gasteiger partial charge is 0.480 e. The first-order valence-corrected chi connectivity index (χ1v) is 7.48. The highest BCUT2D eigenvalue weighted by molar-refractivity contribution is 5.72. The van der Waals surface area contributed by atoms with E-state index in [1.54, 1.807) is 0 Å². The summed E-state index contributed by atoms with van der Waals surface area (Å²) in [7, 11) is 0. The molecule has 3 N–H and O–H groups in total. The minimum absolute atomic E-state index is 0.0316. The average Bonchev–Trinajstić information content (AvgIpc) is 2.48. The van der Waals surface area contributed by atoms with Crippen LogP contribution in [0.2, 0.25) is 0 Å². The van der Waals surface area contributed by atoms with E-state index >= 15 is 0 Å². The Kier molecular flexibility index (Phi) is 11.8. The second kappa shape index (κ2) is 13.0. The zero-order chi connectivity index (χ0) is 19.2. The van der Waals surface area contributed by atoms with Crippen LogP contribution in [0.5, 0.6) is 0 Å². The van der Waals surface area contributed by atoms with Crippen molar-refractivity contribution < 1.29 is 39.3 Å².